The van der Waals surface area contributed by atoms with Gasteiger partial charge in [0.15, 0.2) is 0 Å². The molecular formula is C11H13FO2S. The third-order valence-corrected chi connectivity index (χ3v) is 4.06. The molecule has 2 rings (SSSR count). The number of rotatable bonds is 3. The van der Waals surface area contributed by atoms with E-state index in [1.807, 2.05) is 0 Å². The SMILES string of the molecule is O=S(CC1CCOC1)c1ccc(F)cc1. The second-order valence-electron chi connectivity index (χ2n) is 3.70. The molecule has 0 radical (unpaired) electrons. The van der Waals surface area contributed by atoms with Gasteiger partial charge in [0.2, 0.25) is 0 Å². The van der Waals surface area contributed by atoms with Gasteiger partial charge in [-0.05, 0) is 36.6 Å². The normalized spacial score (nSPS) is 22.9. The van der Waals surface area contributed by atoms with Crippen LogP contribution in [0.5, 0.6) is 0 Å². The predicted molar refractivity (Wildman–Crippen MR) is 56.6 cm³/mol. The highest BCUT2D eigenvalue weighted by molar-refractivity contribution is 7.85. The van der Waals surface area contributed by atoms with Crippen LogP contribution in [0.4, 0.5) is 4.39 Å². The molecule has 1 saturated heterocycles. The van der Waals surface area contributed by atoms with Crippen molar-refractivity contribution in [3.8, 4) is 0 Å². The van der Waals surface area contributed by atoms with Crippen molar-refractivity contribution in [2.45, 2.75) is 11.3 Å². The molecule has 1 heterocycles. The average Bonchev–Trinajstić information content (AvgIpc) is 2.71. The first-order chi connectivity index (χ1) is 7.25. The van der Waals surface area contributed by atoms with Gasteiger partial charge in [0.1, 0.15) is 5.82 Å². The highest BCUT2D eigenvalue weighted by Gasteiger charge is 2.19. The maximum Gasteiger partial charge on any atom is 0.123 e. The fourth-order valence-corrected chi connectivity index (χ4v) is 2.93. The Bertz CT molecular complexity index is 344. The Morgan fingerprint density at radius 3 is 2.73 bits per heavy atom. The standard InChI is InChI=1S/C11H13FO2S/c12-10-1-3-11(4-2-10)15(13)8-9-5-6-14-7-9/h1-4,9H,5-8H2. The first-order valence-electron chi connectivity index (χ1n) is 4.97. The van der Waals surface area contributed by atoms with Gasteiger partial charge in [0.25, 0.3) is 0 Å². The van der Waals surface area contributed by atoms with Gasteiger partial charge in [-0.3, -0.25) is 4.21 Å². The topological polar surface area (TPSA) is 26.3 Å². The van der Waals surface area contributed by atoms with E-state index in [0.29, 0.717) is 23.2 Å². The number of hydrogen-bond acceptors (Lipinski definition) is 2. The number of halogens is 1. The predicted octanol–water partition coefficient (Wildman–Crippen LogP) is 1.97. The van der Waals surface area contributed by atoms with Crippen molar-refractivity contribution in [2.24, 2.45) is 5.92 Å². The van der Waals surface area contributed by atoms with Gasteiger partial charge in [-0.15, -0.1) is 0 Å². The second kappa shape index (κ2) is 4.86. The summed E-state index contributed by atoms with van der Waals surface area (Å²) < 4.78 is 29.7. The van der Waals surface area contributed by atoms with E-state index in [4.69, 9.17) is 4.74 Å². The smallest absolute Gasteiger partial charge is 0.123 e. The molecule has 1 fully saturated rings. The maximum absolute atomic E-state index is 12.6. The maximum atomic E-state index is 12.6. The molecule has 1 aromatic carbocycles. The van der Waals surface area contributed by atoms with Gasteiger partial charge >= 0.3 is 0 Å². The lowest BCUT2D eigenvalue weighted by atomic mass is 10.2. The van der Waals surface area contributed by atoms with Crippen molar-refractivity contribution < 1.29 is 13.3 Å². The summed E-state index contributed by atoms with van der Waals surface area (Å²) in [5, 5.41) is 0. The summed E-state index contributed by atoms with van der Waals surface area (Å²) in [6.45, 7) is 1.47. The minimum atomic E-state index is -1.03. The van der Waals surface area contributed by atoms with E-state index in [1.165, 1.54) is 12.1 Å². The van der Waals surface area contributed by atoms with Gasteiger partial charge < -0.3 is 4.74 Å². The molecule has 82 valence electrons. The van der Waals surface area contributed by atoms with E-state index in [2.05, 4.69) is 0 Å². The molecule has 0 saturated carbocycles. The molecule has 0 aromatic heterocycles. The summed E-state index contributed by atoms with van der Waals surface area (Å²) in [4.78, 5) is 0.698. The van der Waals surface area contributed by atoms with Crippen molar-refractivity contribution in [3.63, 3.8) is 0 Å². The van der Waals surface area contributed by atoms with Gasteiger partial charge in [0.05, 0.1) is 17.4 Å². The van der Waals surface area contributed by atoms with Crippen molar-refractivity contribution in [2.75, 3.05) is 19.0 Å². The molecule has 2 unspecified atom stereocenters. The molecule has 2 atom stereocenters. The summed E-state index contributed by atoms with van der Waals surface area (Å²) in [5.41, 5.74) is 0. The van der Waals surface area contributed by atoms with Crippen LogP contribution >= 0.6 is 0 Å². The lowest BCUT2D eigenvalue weighted by Gasteiger charge is -2.06. The molecule has 0 bridgehead atoms. The summed E-state index contributed by atoms with van der Waals surface area (Å²) in [6.07, 6.45) is 0.979. The molecular weight excluding hydrogens is 215 g/mol. The summed E-state index contributed by atoms with van der Waals surface area (Å²) >= 11 is 0. The number of ether oxygens (including phenoxy) is 1. The van der Waals surface area contributed by atoms with Crippen LogP contribution in [-0.2, 0) is 15.5 Å². The van der Waals surface area contributed by atoms with Gasteiger partial charge in [-0.2, -0.15) is 0 Å². The summed E-state index contributed by atoms with van der Waals surface area (Å²) in [5.74, 6) is 0.710. The Labute approximate surface area is 90.9 Å². The quantitative estimate of drug-likeness (QED) is 0.790. The molecule has 1 aliphatic heterocycles. The zero-order valence-electron chi connectivity index (χ0n) is 8.32. The van der Waals surface area contributed by atoms with E-state index in [0.717, 1.165) is 13.0 Å². The van der Waals surface area contributed by atoms with Crippen molar-refractivity contribution in [1.29, 1.82) is 0 Å². The van der Waals surface area contributed by atoms with Gasteiger partial charge in [0, 0.05) is 17.3 Å². The van der Waals surface area contributed by atoms with E-state index < -0.39 is 10.8 Å². The third kappa shape index (κ3) is 2.86. The van der Waals surface area contributed by atoms with Crippen LogP contribution in [0.2, 0.25) is 0 Å². The number of benzene rings is 1. The Morgan fingerprint density at radius 1 is 1.40 bits per heavy atom. The molecule has 1 aromatic rings. The highest BCUT2D eigenvalue weighted by atomic mass is 32.2. The minimum Gasteiger partial charge on any atom is -0.381 e. The molecule has 1 aliphatic rings. The summed E-state index contributed by atoms with van der Waals surface area (Å²) in [6, 6.07) is 5.86. The first kappa shape index (κ1) is 10.8. The lowest BCUT2D eigenvalue weighted by molar-refractivity contribution is 0.189. The molecule has 15 heavy (non-hydrogen) atoms. The van der Waals surface area contributed by atoms with Crippen LogP contribution in [0.25, 0.3) is 0 Å². The molecule has 0 N–H and O–H groups in total. The Hall–Kier alpha value is -0.740. The Balaban J connectivity index is 1.98. The summed E-state index contributed by atoms with van der Waals surface area (Å²) in [7, 11) is -1.03. The van der Waals surface area contributed by atoms with E-state index in [9.17, 15) is 8.60 Å². The van der Waals surface area contributed by atoms with E-state index >= 15 is 0 Å². The van der Waals surface area contributed by atoms with E-state index in [1.54, 1.807) is 12.1 Å². The van der Waals surface area contributed by atoms with Crippen molar-refractivity contribution >= 4 is 10.8 Å². The molecule has 0 aliphatic carbocycles. The Morgan fingerprint density at radius 2 is 2.13 bits per heavy atom. The first-order valence-corrected chi connectivity index (χ1v) is 6.29. The highest BCUT2D eigenvalue weighted by Crippen LogP contribution is 2.17. The fourth-order valence-electron chi connectivity index (χ4n) is 1.61. The van der Waals surface area contributed by atoms with Crippen LogP contribution in [0.1, 0.15) is 6.42 Å². The molecule has 0 spiro atoms. The van der Waals surface area contributed by atoms with E-state index in [-0.39, 0.29) is 5.82 Å². The molecule has 2 nitrogen and oxygen atoms in total. The molecule has 4 heteroatoms. The zero-order valence-corrected chi connectivity index (χ0v) is 9.13. The fraction of sp³-hybridized carbons (Fsp3) is 0.455. The molecule has 0 amide bonds. The van der Waals surface area contributed by atoms with Crippen molar-refractivity contribution in [3.05, 3.63) is 30.1 Å². The van der Waals surface area contributed by atoms with Crippen LogP contribution in [-0.4, -0.2) is 23.2 Å². The second-order valence-corrected chi connectivity index (χ2v) is 5.19. The number of hydrogen-bond donors (Lipinski definition) is 0. The van der Waals surface area contributed by atoms with Crippen LogP contribution in [0.3, 0.4) is 0 Å². The zero-order chi connectivity index (χ0) is 10.7. The van der Waals surface area contributed by atoms with Crippen LogP contribution in [0.15, 0.2) is 29.2 Å². The van der Waals surface area contributed by atoms with Crippen LogP contribution in [0, 0.1) is 11.7 Å². The average molecular weight is 228 g/mol. The largest absolute Gasteiger partial charge is 0.381 e. The van der Waals surface area contributed by atoms with Crippen LogP contribution < -0.4 is 0 Å². The third-order valence-electron chi connectivity index (χ3n) is 2.49. The van der Waals surface area contributed by atoms with Crippen molar-refractivity contribution in [1.82, 2.24) is 0 Å². The van der Waals surface area contributed by atoms with Gasteiger partial charge in [-0.1, -0.05) is 0 Å². The Kier molecular flexibility index (Phi) is 3.49. The monoisotopic (exact) mass is 228 g/mol. The minimum absolute atomic E-state index is 0.292. The van der Waals surface area contributed by atoms with Gasteiger partial charge in [-0.25, -0.2) is 4.39 Å². The lowest BCUT2D eigenvalue weighted by Crippen LogP contribution is -2.11.